The van der Waals surface area contributed by atoms with Crippen LogP contribution in [0.5, 0.6) is 17.2 Å². The number of hydrogen-bond donors (Lipinski definition) is 1. The van der Waals surface area contributed by atoms with Gasteiger partial charge in [0.1, 0.15) is 5.82 Å². The highest BCUT2D eigenvalue weighted by Crippen LogP contribution is 2.38. The van der Waals surface area contributed by atoms with Crippen LogP contribution in [0.15, 0.2) is 30.3 Å². The third-order valence-corrected chi connectivity index (χ3v) is 5.54. The number of carbonyl (C=O) groups is 1. The van der Waals surface area contributed by atoms with E-state index in [4.69, 9.17) is 14.2 Å². The molecule has 0 spiro atoms. The number of carbonyl (C=O) groups excluding carboxylic acids is 1. The molecule has 0 saturated heterocycles. The molecule has 27 heavy (non-hydrogen) atoms. The van der Waals surface area contributed by atoms with Gasteiger partial charge in [0.25, 0.3) is 5.91 Å². The number of ether oxygens (including phenoxy) is 3. The second-order valence-corrected chi connectivity index (χ2v) is 6.94. The Kier molecular flexibility index (Phi) is 5.51. The Labute approximate surface area is 160 Å². The molecule has 1 amide bonds. The van der Waals surface area contributed by atoms with E-state index in [1.165, 1.54) is 38.7 Å². The van der Waals surface area contributed by atoms with Crippen molar-refractivity contribution < 1.29 is 23.4 Å². The highest BCUT2D eigenvalue weighted by Gasteiger charge is 2.18. The summed E-state index contributed by atoms with van der Waals surface area (Å²) in [6.45, 7) is 2.03. The van der Waals surface area contributed by atoms with Crippen molar-refractivity contribution in [3.63, 3.8) is 0 Å². The van der Waals surface area contributed by atoms with Gasteiger partial charge in [-0.3, -0.25) is 4.79 Å². The lowest BCUT2D eigenvalue weighted by atomic mass is 10.1. The number of nitrogens with one attached hydrogen (secondary N) is 1. The Bertz CT molecular complexity index is 974. The van der Waals surface area contributed by atoms with E-state index in [0.717, 1.165) is 10.3 Å². The highest BCUT2D eigenvalue weighted by atomic mass is 32.1. The monoisotopic (exact) mass is 389 g/mol. The maximum absolute atomic E-state index is 14.0. The molecule has 7 heteroatoms. The molecular weight excluding hydrogens is 369 g/mol. The van der Waals surface area contributed by atoms with Crippen LogP contribution in [0.25, 0.3) is 10.1 Å². The van der Waals surface area contributed by atoms with Crippen LogP contribution in [0.3, 0.4) is 0 Å². The molecule has 0 atom stereocenters. The molecule has 0 unspecified atom stereocenters. The molecule has 3 aromatic rings. The molecular formula is C20H20FNO4S. The summed E-state index contributed by atoms with van der Waals surface area (Å²) in [7, 11) is 4.61. The van der Waals surface area contributed by atoms with Crippen molar-refractivity contribution in [3.05, 3.63) is 52.2 Å². The molecule has 0 aliphatic rings. The molecule has 0 aliphatic carbocycles. The first kappa shape index (κ1) is 19.0. The average Bonchev–Trinajstić information content (AvgIpc) is 3.03. The van der Waals surface area contributed by atoms with Crippen LogP contribution in [0.1, 0.15) is 20.8 Å². The molecule has 5 nitrogen and oxygen atoms in total. The van der Waals surface area contributed by atoms with Gasteiger partial charge >= 0.3 is 0 Å². The van der Waals surface area contributed by atoms with E-state index in [0.29, 0.717) is 33.1 Å². The molecule has 0 saturated carbocycles. The minimum atomic E-state index is -0.315. The second-order valence-electron chi connectivity index (χ2n) is 5.89. The average molecular weight is 389 g/mol. The summed E-state index contributed by atoms with van der Waals surface area (Å²) in [5, 5.41) is 3.37. The van der Waals surface area contributed by atoms with Gasteiger partial charge in [-0.15, -0.1) is 11.3 Å². The maximum Gasteiger partial charge on any atom is 0.261 e. The summed E-state index contributed by atoms with van der Waals surface area (Å²) in [4.78, 5) is 13.1. The summed E-state index contributed by atoms with van der Waals surface area (Å²) in [5.74, 6) is 0.958. The number of fused-ring (bicyclic) bond motifs is 1. The van der Waals surface area contributed by atoms with Crippen molar-refractivity contribution in [2.45, 2.75) is 13.5 Å². The van der Waals surface area contributed by atoms with Crippen molar-refractivity contribution in [1.29, 1.82) is 0 Å². The zero-order chi connectivity index (χ0) is 19.6. The fraction of sp³-hybridized carbons (Fsp3) is 0.250. The lowest BCUT2D eigenvalue weighted by molar-refractivity contribution is 0.0954. The highest BCUT2D eigenvalue weighted by molar-refractivity contribution is 7.21. The molecule has 0 radical (unpaired) electrons. The fourth-order valence-electron chi connectivity index (χ4n) is 2.97. The zero-order valence-electron chi connectivity index (χ0n) is 15.5. The molecule has 1 heterocycles. The summed E-state index contributed by atoms with van der Waals surface area (Å²) < 4.78 is 30.8. The quantitative estimate of drug-likeness (QED) is 0.683. The second kappa shape index (κ2) is 7.84. The number of hydrogen-bond acceptors (Lipinski definition) is 5. The van der Waals surface area contributed by atoms with Gasteiger partial charge in [0.05, 0.1) is 26.2 Å². The minimum Gasteiger partial charge on any atom is -0.493 e. The van der Waals surface area contributed by atoms with E-state index >= 15 is 0 Å². The topological polar surface area (TPSA) is 56.8 Å². The zero-order valence-corrected chi connectivity index (χ0v) is 16.3. The lowest BCUT2D eigenvalue weighted by Crippen LogP contribution is -2.22. The lowest BCUT2D eigenvalue weighted by Gasteiger charge is -2.14. The predicted molar refractivity (Wildman–Crippen MR) is 104 cm³/mol. The Balaban J connectivity index is 1.84. The minimum absolute atomic E-state index is 0.248. The van der Waals surface area contributed by atoms with Crippen molar-refractivity contribution in [3.8, 4) is 17.2 Å². The van der Waals surface area contributed by atoms with Gasteiger partial charge in [-0.25, -0.2) is 4.39 Å². The van der Waals surface area contributed by atoms with E-state index in [1.807, 2.05) is 6.07 Å². The van der Waals surface area contributed by atoms with Crippen LogP contribution in [-0.4, -0.2) is 27.2 Å². The predicted octanol–water partition coefficient (Wildman–Crippen LogP) is 4.30. The summed E-state index contributed by atoms with van der Waals surface area (Å²) >= 11 is 1.28. The molecule has 0 fully saturated rings. The Hall–Kier alpha value is -2.80. The first-order valence-electron chi connectivity index (χ1n) is 8.24. The van der Waals surface area contributed by atoms with Crippen molar-refractivity contribution in [1.82, 2.24) is 5.32 Å². The first-order valence-corrected chi connectivity index (χ1v) is 9.06. The summed E-state index contributed by atoms with van der Waals surface area (Å²) in [6.07, 6.45) is 0. The molecule has 142 valence electrons. The number of aryl methyl sites for hydroxylation is 1. The third kappa shape index (κ3) is 3.55. The SMILES string of the molecule is COc1cc(CNC(=O)c2sc3cccc(F)c3c2C)cc(OC)c1OC. The van der Waals surface area contributed by atoms with Crippen molar-refractivity contribution in [2.75, 3.05) is 21.3 Å². The van der Waals surface area contributed by atoms with Gasteiger partial charge < -0.3 is 19.5 Å². The number of benzene rings is 2. The smallest absolute Gasteiger partial charge is 0.261 e. The molecule has 2 aromatic carbocycles. The number of thiophene rings is 1. The normalized spacial score (nSPS) is 10.7. The standard InChI is InChI=1S/C20H20FNO4S/c1-11-17-13(21)6-5-7-16(17)27-19(11)20(23)22-10-12-8-14(24-2)18(26-4)15(9-12)25-3/h5-9H,10H2,1-4H3,(H,22,23). The van der Waals surface area contributed by atoms with Crippen molar-refractivity contribution >= 4 is 27.3 Å². The Morgan fingerprint density at radius 1 is 1.11 bits per heavy atom. The first-order chi connectivity index (χ1) is 13.0. The van der Waals surface area contributed by atoms with Crippen LogP contribution in [0.4, 0.5) is 4.39 Å². The Morgan fingerprint density at radius 2 is 1.78 bits per heavy atom. The van der Waals surface area contributed by atoms with Gasteiger partial charge in [-0.1, -0.05) is 6.07 Å². The largest absolute Gasteiger partial charge is 0.493 e. The van der Waals surface area contributed by atoms with E-state index in [9.17, 15) is 9.18 Å². The van der Waals surface area contributed by atoms with Gasteiger partial charge in [-0.2, -0.15) is 0 Å². The van der Waals surface area contributed by atoms with Crippen LogP contribution >= 0.6 is 11.3 Å². The van der Waals surface area contributed by atoms with Crippen molar-refractivity contribution in [2.24, 2.45) is 0 Å². The molecule has 0 bridgehead atoms. The maximum atomic E-state index is 14.0. The third-order valence-electron chi connectivity index (χ3n) is 4.29. The van der Waals surface area contributed by atoms with Crippen LogP contribution in [0, 0.1) is 12.7 Å². The van der Waals surface area contributed by atoms with Gasteiger partial charge in [-0.05, 0) is 42.3 Å². The van der Waals surface area contributed by atoms with Crippen LogP contribution < -0.4 is 19.5 Å². The number of amides is 1. The van der Waals surface area contributed by atoms with Crippen LogP contribution in [-0.2, 0) is 6.54 Å². The van der Waals surface area contributed by atoms with E-state index in [2.05, 4.69) is 5.32 Å². The van der Waals surface area contributed by atoms with Gasteiger partial charge in [0, 0.05) is 16.6 Å². The number of halogens is 1. The summed E-state index contributed by atoms with van der Waals surface area (Å²) in [6, 6.07) is 8.41. The Morgan fingerprint density at radius 3 is 2.33 bits per heavy atom. The molecule has 1 aromatic heterocycles. The number of rotatable bonds is 6. The summed E-state index contributed by atoms with van der Waals surface area (Å²) in [5.41, 5.74) is 1.44. The van der Waals surface area contributed by atoms with Crippen LogP contribution in [0.2, 0.25) is 0 Å². The van der Waals surface area contributed by atoms with E-state index < -0.39 is 0 Å². The van der Waals surface area contributed by atoms with Gasteiger partial charge in [0.2, 0.25) is 5.75 Å². The molecule has 3 rings (SSSR count). The van der Waals surface area contributed by atoms with E-state index in [1.54, 1.807) is 25.1 Å². The molecule has 0 aliphatic heterocycles. The fourth-order valence-corrected chi connectivity index (χ4v) is 4.11. The molecule has 1 N–H and O–H groups in total. The van der Waals surface area contributed by atoms with E-state index in [-0.39, 0.29) is 18.3 Å². The number of methoxy groups -OCH3 is 3. The van der Waals surface area contributed by atoms with Gasteiger partial charge in [0.15, 0.2) is 11.5 Å².